The zero-order valence-corrected chi connectivity index (χ0v) is 8.52. The zero-order chi connectivity index (χ0) is 9.28. The van der Waals surface area contributed by atoms with Crippen LogP contribution in [0.4, 0.5) is 4.39 Å². The maximum absolute atomic E-state index is 12.5. The Kier molecular flexibility index (Phi) is 12.1. The van der Waals surface area contributed by atoms with Crippen LogP contribution in [-0.2, 0) is 0 Å². The number of hydrogen-bond donors (Lipinski definition) is 0. The molecule has 0 aliphatic heterocycles. The molecule has 0 aliphatic rings. The number of nitrogens with zero attached hydrogens (tertiary/aromatic N) is 1. The summed E-state index contributed by atoms with van der Waals surface area (Å²) in [7, 11) is 3.92. The van der Waals surface area contributed by atoms with Crippen molar-refractivity contribution < 1.29 is 4.39 Å². The van der Waals surface area contributed by atoms with Gasteiger partial charge in [0.15, 0.2) is 0 Å². The molecule has 0 aromatic carbocycles. The Hall–Kier alpha value is -0.110. The SMILES string of the molecule is CC.CCC(F)CCN(C)C. The number of halogens is 1. The Morgan fingerprint density at radius 1 is 1.27 bits per heavy atom. The molecule has 2 heteroatoms. The van der Waals surface area contributed by atoms with E-state index in [0.29, 0.717) is 12.8 Å². The van der Waals surface area contributed by atoms with Crippen molar-refractivity contribution >= 4 is 0 Å². The minimum Gasteiger partial charge on any atom is -0.309 e. The van der Waals surface area contributed by atoms with Gasteiger partial charge in [-0.25, -0.2) is 4.39 Å². The van der Waals surface area contributed by atoms with Crippen LogP contribution < -0.4 is 0 Å². The van der Waals surface area contributed by atoms with Crippen LogP contribution in [0, 0.1) is 0 Å². The van der Waals surface area contributed by atoms with E-state index < -0.39 is 6.17 Å². The fraction of sp³-hybridized carbons (Fsp3) is 1.00. The molecule has 0 saturated heterocycles. The summed E-state index contributed by atoms with van der Waals surface area (Å²) >= 11 is 0. The van der Waals surface area contributed by atoms with Crippen molar-refractivity contribution in [1.29, 1.82) is 0 Å². The van der Waals surface area contributed by atoms with Gasteiger partial charge in [0.1, 0.15) is 6.17 Å². The van der Waals surface area contributed by atoms with Gasteiger partial charge in [-0.15, -0.1) is 0 Å². The van der Waals surface area contributed by atoms with Gasteiger partial charge >= 0.3 is 0 Å². The summed E-state index contributed by atoms with van der Waals surface area (Å²) in [5, 5.41) is 0. The molecule has 1 atom stereocenters. The van der Waals surface area contributed by atoms with E-state index >= 15 is 0 Å². The summed E-state index contributed by atoms with van der Waals surface area (Å²) in [4.78, 5) is 2.00. The molecular weight excluding hydrogens is 141 g/mol. The third kappa shape index (κ3) is 13.0. The molecule has 0 spiro atoms. The first-order valence-corrected chi connectivity index (χ1v) is 4.45. The summed E-state index contributed by atoms with van der Waals surface area (Å²) in [5.41, 5.74) is 0. The van der Waals surface area contributed by atoms with E-state index in [-0.39, 0.29) is 0 Å². The Labute approximate surface area is 70.6 Å². The van der Waals surface area contributed by atoms with Crippen LogP contribution in [0.1, 0.15) is 33.6 Å². The largest absolute Gasteiger partial charge is 0.309 e. The molecule has 0 N–H and O–H groups in total. The highest BCUT2D eigenvalue weighted by Crippen LogP contribution is 2.01. The van der Waals surface area contributed by atoms with Crippen molar-refractivity contribution in [2.24, 2.45) is 0 Å². The molecule has 0 amide bonds. The molecule has 0 heterocycles. The summed E-state index contributed by atoms with van der Waals surface area (Å²) < 4.78 is 12.5. The van der Waals surface area contributed by atoms with Crippen molar-refractivity contribution in [3.05, 3.63) is 0 Å². The number of hydrogen-bond acceptors (Lipinski definition) is 1. The van der Waals surface area contributed by atoms with Gasteiger partial charge in [0.2, 0.25) is 0 Å². The summed E-state index contributed by atoms with van der Waals surface area (Å²) in [6.45, 7) is 6.73. The summed E-state index contributed by atoms with van der Waals surface area (Å²) in [6, 6.07) is 0. The average molecular weight is 163 g/mol. The second-order valence-electron chi connectivity index (χ2n) is 2.60. The monoisotopic (exact) mass is 163 g/mol. The molecule has 0 radical (unpaired) electrons. The minimum atomic E-state index is -0.604. The fourth-order valence-corrected chi connectivity index (χ4v) is 0.602. The molecule has 70 valence electrons. The van der Waals surface area contributed by atoms with Gasteiger partial charge < -0.3 is 4.90 Å². The third-order valence-corrected chi connectivity index (χ3v) is 1.33. The summed E-state index contributed by atoms with van der Waals surface area (Å²) in [5.74, 6) is 0. The normalized spacial score (nSPS) is 12.3. The van der Waals surface area contributed by atoms with Crippen molar-refractivity contribution in [1.82, 2.24) is 4.90 Å². The lowest BCUT2D eigenvalue weighted by molar-refractivity contribution is 0.267. The van der Waals surface area contributed by atoms with Crippen LogP contribution >= 0.6 is 0 Å². The second kappa shape index (κ2) is 9.89. The first-order chi connectivity index (χ1) is 5.16. The standard InChI is InChI=1S/C7H16FN.C2H6/c1-4-7(8)5-6-9(2)3;1-2/h7H,4-6H2,1-3H3;1-2H3. The molecule has 0 bridgehead atoms. The van der Waals surface area contributed by atoms with E-state index in [0.717, 1.165) is 6.54 Å². The zero-order valence-electron chi connectivity index (χ0n) is 8.52. The first-order valence-electron chi connectivity index (χ1n) is 4.45. The van der Waals surface area contributed by atoms with E-state index in [4.69, 9.17) is 0 Å². The number of alkyl halides is 1. The van der Waals surface area contributed by atoms with Gasteiger partial charge in [0.05, 0.1) is 0 Å². The topological polar surface area (TPSA) is 3.24 Å². The molecule has 0 aliphatic carbocycles. The van der Waals surface area contributed by atoms with Crippen molar-refractivity contribution in [3.63, 3.8) is 0 Å². The maximum atomic E-state index is 12.5. The lowest BCUT2D eigenvalue weighted by atomic mass is 10.2. The van der Waals surface area contributed by atoms with E-state index in [1.54, 1.807) is 0 Å². The summed E-state index contributed by atoms with van der Waals surface area (Å²) in [6.07, 6.45) is 0.713. The van der Waals surface area contributed by atoms with E-state index in [1.165, 1.54) is 0 Å². The lowest BCUT2D eigenvalue weighted by Crippen LogP contribution is -2.16. The van der Waals surface area contributed by atoms with Crippen LogP contribution in [-0.4, -0.2) is 31.7 Å². The molecular formula is C9H22FN. The Bertz CT molecular complexity index is 64.6. The fourth-order valence-electron chi connectivity index (χ4n) is 0.602. The highest BCUT2D eigenvalue weighted by molar-refractivity contribution is 4.54. The van der Waals surface area contributed by atoms with Crippen LogP contribution in [0.5, 0.6) is 0 Å². The van der Waals surface area contributed by atoms with Crippen LogP contribution in [0.15, 0.2) is 0 Å². The molecule has 11 heavy (non-hydrogen) atoms. The Morgan fingerprint density at radius 3 is 2.00 bits per heavy atom. The quantitative estimate of drug-likeness (QED) is 0.616. The van der Waals surface area contributed by atoms with E-state index in [9.17, 15) is 4.39 Å². The highest BCUT2D eigenvalue weighted by Gasteiger charge is 2.01. The van der Waals surface area contributed by atoms with Crippen LogP contribution in [0.2, 0.25) is 0 Å². The Morgan fingerprint density at radius 2 is 1.73 bits per heavy atom. The predicted molar refractivity (Wildman–Crippen MR) is 49.7 cm³/mol. The van der Waals surface area contributed by atoms with Crippen LogP contribution in [0.25, 0.3) is 0 Å². The van der Waals surface area contributed by atoms with Gasteiger partial charge in [-0.05, 0) is 26.9 Å². The van der Waals surface area contributed by atoms with Gasteiger partial charge in [0.25, 0.3) is 0 Å². The van der Waals surface area contributed by atoms with Gasteiger partial charge in [-0.3, -0.25) is 0 Å². The van der Waals surface area contributed by atoms with Crippen LogP contribution in [0.3, 0.4) is 0 Å². The highest BCUT2D eigenvalue weighted by atomic mass is 19.1. The molecule has 0 rings (SSSR count). The first kappa shape index (κ1) is 13.5. The lowest BCUT2D eigenvalue weighted by Gasteiger charge is -2.10. The smallest absolute Gasteiger partial charge is 0.101 e. The molecule has 1 unspecified atom stereocenters. The number of rotatable bonds is 4. The third-order valence-electron chi connectivity index (χ3n) is 1.33. The van der Waals surface area contributed by atoms with Gasteiger partial charge in [-0.2, -0.15) is 0 Å². The van der Waals surface area contributed by atoms with E-state index in [1.807, 2.05) is 39.8 Å². The molecule has 0 aromatic heterocycles. The molecule has 0 saturated carbocycles. The molecule has 1 nitrogen and oxygen atoms in total. The van der Waals surface area contributed by atoms with Crippen molar-refractivity contribution in [2.45, 2.75) is 39.8 Å². The van der Waals surface area contributed by atoms with E-state index in [2.05, 4.69) is 0 Å². The van der Waals surface area contributed by atoms with Gasteiger partial charge in [0, 0.05) is 6.54 Å². The van der Waals surface area contributed by atoms with Gasteiger partial charge in [-0.1, -0.05) is 20.8 Å². The van der Waals surface area contributed by atoms with Crippen molar-refractivity contribution in [2.75, 3.05) is 20.6 Å². The second-order valence-corrected chi connectivity index (χ2v) is 2.60. The average Bonchev–Trinajstić information content (AvgIpc) is 2.04. The maximum Gasteiger partial charge on any atom is 0.101 e. The minimum absolute atomic E-state index is 0.604. The predicted octanol–water partition coefficient (Wildman–Crippen LogP) is 2.71. The Balaban J connectivity index is 0. The molecule has 0 aromatic rings. The van der Waals surface area contributed by atoms with Crippen molar-refractivity contribution in [3.8, 4) is 0 Å². The molecule has 0 fully saturated rings.